The highest BCUT2D eigenvalue weighted by Gasteiger charge is 2.11. The molecule has 9 heteroatoms. The second-order valence-corrected chi connectivity index (χ2v) is 7.04. The number of nitrogens with one attached hydrogen (secondary N) is 1. The van der Waals surface area contributed by atoms with Gasteiger partial charge in [0.1, 0.15) is 12.4 Å². The maximum absolute atomic E-state index is 10.5. The Balaban J connectivity index is 1.67. The predicted octanol–water partition coefficient (Wildman–Crippen LogP) is 1.81. The fourth-order valence-corrected chi connectivity index (χ4v) is 3.28. The number of aromatic nitrogens is 2. The highest BCUT2D eigenvalue weighted by Crippen LogP contribution is 2.22. The molecule has 0 saturated carbocycles. The number of nitrogens with zero attached hydrogens (tertiary/aromatic N) is 3. The minimum absolute atomic E-state index is 0.0709. The molecule has 0 saturated heterocycles. The number of nitro groups is 1. The molecule has 0 radical (unpaired) electrons. The summed E-state index contributed by atoms with van der Waals surface area (Å²) in [7, 11) is 0. The van der Waals surface area contributed by atoms with Crippen LogP contribution >= 0.6 is 27.3 Å². The van der Waals surface area contributed by atoms with Crippen LogP contribution in [-0.4, -0.2) is 39.0 Å². The van der Waals surface area contributed by atoms with Crippen LogP contribution in [0.15, 0.2) is 28.3 Å². The monoisotopic (exact) mass is 374 g/mol. The van der Waals surface area contributed by atoms with E-state index in [0.717, 1.165) is 16.8 Å². The summed E-state index contributed by atoms with van der Waals surface area (Å²) in [5.74, 6) is 0. The van der Waals surface area contributed by atoms with E-state index < -0.39 is 11.0 Å². The maximum atomic E-state index is 10.5. The molecule has 0 aliphatic rings. The number of halogens is 1. The molecular formula is C12H15BrN4O3S. The van der Waals surface area contributed by atoms with Crippen molar-refractivity contribution in [1.82, 2.24) is 15.1 Å². The SMILES string of the molecule is O=[N+]([O-])c1cnn(CC(O)CNCCc2ccc(Br)s2)c1. The van der Waals surface area contributed by atoms with E-state index in [2.05, 4.69) is 32.4 Å². The van der Waals surface area contributed by atoms with Gasteiger partial charge in [0, 0.05) is 18.0 Å². The Morgan fingerprint density at radius 2 is 2.38 bits per heavy atom. The van der Waals surface area contributed by atoms with Gasteiger partial charge in [-0.2, -0.15) is 5.10 Å². The van der Waals surface area contributed by atoms with Crippen LogP contribution in [0.25, 0.3) is 0 Å². The molecular weight excluding hydrogens is 360 g/mol. The molecule has 7 nitrogen and oxygen atoms in total. The largest absolute Gasteiger partial charge is 0.390 e. The zero-order chi connectivity index (χ0) is 15.2. The van der Waals surface area contributed by atoms with E-state index in [9.17, 15) is 15.2 Å². The minimum atomic E-state index is -0.639. The van der Waals surface area contributed by atoms with Crippen molar-refractivity contribution in [2.45, 2.75) is 19.1 Å². The summed E-state index contributed by atoms with van der Waals surface area (Å²) in [5, 5.41) is 27.4. The summed E-state index contributed by atoms with van der Waals surface area (Å²) in [5.41, 5.74) is -0.0709. The lowest BCUT2D eigenvalue weighted by atomic mass is 10.3. The molecule has 0 aromatic carbocycles. The Morgan fingerprint density at radius 1 is 1.57 bits per heavy atom. The Kier molecular flexibility index (Phi) is 5.85. The van der Waals surface area contributed by atoms with Gasteiger partial charge in [0.2, 0.25) is 0 Å². The summed E-state index contributed by atoms with van der Waals surface area (Å²) in [6.45, 7) is 1.41. The van der Waals surface area contributed by atoms with Crippen LogP contribution in [0.5, 0.6) is 0 Å². The van der Waals surface area contributed by atoms with Crippen LogP contribution in [0.1, 0.15) is 4.88 Å². The molecule has 1 atom stereocenters. The smallest absolute Gasteiger partial charge is 0.306 e. The van der Waals surface area contributed by atoms with E-state index in [1.807, 2.05) is 6.07 Å². The number of aliphatic hydroxyl groups excluding tert-OH is 1. The number of hydrogen-bond acceptors (Lipinski definition) is 6. The molecule has 2 rings (SSSR count). The van der Waals surface area contributed by atoms with Crippen molar-refractivity contribution in [3.63, 3.8) is 0 Å². The zero-order valence-electron chi connectivity index (χ0n) is 11.1. The molecule has 0 bridgehead atoms. The molecule has 2 N–H and O–H groups in total. The van der Waals surface area contributed by atoms with Crippen LogP contribution in [0, 0.1) is 10.1 Å². The lowest BCUT2D eigenvalue weighted by Gasteiger charge is -2.11. The number of thiophene rings is 1. The van der Waals surface area contributed by atoms with Gasteiger partial charge in [-0.3, -0.25) is 14.8 Å². The van der Waals surface area contributed by atoms with Gasteiger partial charge in [-0.25, -0.2) is 0 Å². The lowest BCUT2D eigenvalue weighted by molar-refractivity contribution is -0.385. The van der Waals surface area contributed by atoms with Crippen LogP contribution in [0.3, 0.4) is 0 Å². The van der Waals surface area contributed by atoms with Gasteiger partial charge in [0.25, 0.3) is 0 Å². The molecule has 0 spiro atoms. The van der Waals surface area contributed by atoms with Gasteiger partial charge in [0.15, 0.2) is 0 Å². The lowest BCUT2D eigenvalue weighted by Crippen LogP contribution is -2.31. The molecule has 2 aromatic rings. The number of hydrogen-bond donors (Lipinski definition) is 2. The van der Waals surface area contributed by atoms with Gasteiger partial charge in [-0.05, 0) is 34.5 Å². The number of aliphatic hydroxyl groups is 1. The summed E-state index contributed by atoms with van der Waals surface area (Å²) in [6.07, 6.45) is 2.75. The van der Waals surface area contributed by atoms with E-state index >= 15 is 0 Å². The highest BCUT2D eigenvalue weighted by atomic mass is 79.9. The van der Waals surface area contributed by atoms with E-state index in [-0.39, 0.29) is 12.2 Å². The van der Waals surface area contributed by atoms with Crippen molar-refractivity contribution in [2.75, 3.05) is 13.1 Å². The Labute approximate surface area is 133 Å². The first-order chi connectivity index (χ1) is 10.0. The van der Waals surface area contributed by atoms with Crippen molar-refractivity contribution < 1.29 is 10.0 Å². The highest BCUT2D eigenvalue weighted by molar-refractivity contribution is 9.11. The van der Waals surface area contributed by atoms with Crippen molar-refractivity contribution in [3.8, 4) is 0 Å². The predicted molar refractivity (Wildman–Crippen MR) is 83.5 cm³/mol. The van der Waals surface area contributed by atoms with Crippen molar-refractivity contribution in [1.29, 1.82) is 0 Å². The summed E-state index contributed by atoms with van der Waals surface area (Å²) in [4.78, 5) is 11.3. The van der Waals surface area contributed by atoms with Crippen molar-refractivity contribution in [2.24, 2.45) is 0 Å². The molecule has 0 aliphatic heterocycles. The molecule has 21 heavy (non-hydrogen) atoms. The van der Waals surface area contributed by atoms with Gasteiger partial charge >= 0.3 is 5.69 Å². The Hall–Kier alpha value is -1.29. The average Bonchev–Trinajstić information content (AvgIpc) is 3.04. The first-order valence-electron chi connectivity index (χ1n) is 6.34. The Bertz CT molecular complexity index is 601. The molecule has 0 aliphatic carbocycles. The maximum Gasteiger partial charge on any atom is 0.306 e. The van der Waals surface area contributed by atoms with E-state index in [0.29, 0.717) is 6.54 Å². The van der Waals surface area contributed by atoms with Gasteiger partial charge < -0.3 is 10.4 Å². The summed E-state index contributed by atoms with van der Waals surface area (Å²) >= 11 is 5.10. The first-order valence-corrected chi connectivity index (χ1v) is 7.95. The van der Waals surface area contributed by atoms with Gasteiger partial charge in [-0.15, -0.1) is 11.3 Å². The fraction of sp³-hybridized carbons (Fsp3) is 0.417. The first kappa shape index (κ1) is 16.1. The third kappa shape index (κ3) is 5.20. The van der Waals surface area contributed by atoms with Gasteiger partial charge in [0.05, 0.1) is 21.4 Å². The molecule has 0 fully saturated rings. The van der Waals surface area contributed by atoms with Gasteiger partial charge in [-0.1, -0.05) is 0 Å². The molecule has 1 unspecified atom stereocenters. The van der Waals surface area contributed by atoms with E-state index in [1.54, 1.807) is 11.3 Å². The average molecular weight is 375 g/mol. The van der Waals surface area contributed by atoms with Crippen LogP contribution in [-0.2, 0) is 13.0 Å². The number of rotatable bonds is 8. The second kappa shape index (κ2) is 7.64. The van der Waals surface area contributed by atoms with E-state index in [4.69, 9.17) is 0 Å². The third-order valence-corrected chi connectivity index (χ3v) is 4.47. The summed E-state index contributed by atoms with van der Waals surface area (Å²) < 4.78 is 2.48. The second-order valence-electron chi connectivity index (χ2n) is 4.49. The zero-order valence-corrected chi connectivity index (χ0v) is 13.5. The Morgan fingerprint density at radius 3 is 3.00 bits per heavy atom. The van der Waals surface area contributed by atoms with E-state index in [1.165, 1.54) is 22.0 Å². The normalized spacial score (nSPS) is 12.5. The topological polar surface area (TPSA) is 93.2 Å². The molecule has 114 valence electrons. The van der Waals surface area contributed by atoms with Crippen LogP contribution < -0.4 is 5.32 Å². The molecule has 0 amide bonds. The quantitative estimate of drug-likeness (QED) is 0.417. The summed E-state index contributed by atoms with van der Waals surface area (Å²) in [6, 6.07) is 4.08. The van der Waals surface area contributed by atoms with Crippen molar-refractivity contribution >= 4 is 33.0 Å². The van der Waals surface area contributed by atoms with Crippen LogP contribution in [0.2, 0.25) is 0 Å². The standard InChI is InChI=1S/C12H15BrN4O3S/c13-12-2-1-11(21-12)3-4-14-6-10(18)8-16-7-9(5-15-16)17(19)20/h1-2,5,7,10,14,18H,3-4,6,8H2. The third-order valence-electron chi connectivity index (χ3n) is 2.79. The molecule has 2 heterocycles. The molecule has 2 aromatic heterocycles. The minimum Gasteiger partial charge on any atom is -0.390 e. The van der Waals surface area contributed by atoms with Crippen LogP contribution in [0.4, 0.5) is 5.69 Å². The fourth-order valence-electron chi connectivity index (χ4n) is 1.79. The van der Waals surface area contributed by atoms with Crippen molar-refractivity contribution in [3.05, 3.63) is 43.3 Å².